The maximum Gasteiger partial charge on any atom is 0.126 e. The zero-order valence-corrected chi connectivity index (χ0v) is 11.2. The molecule has 2 N–H and O–H groups in total. The van der Waals surface area contributed by atoms with Crippen LogP contribution in [-0.2, 0) is 0 Å². The summed E-state index contributed by atoms with van der Waals surface area (Å²) in [5, 5.41) is 0. The molecule has 0 spiro atoms. The Morgan fingerprint density at radius 1 is 1.38 bits per heavy atom. The fraction of sp³-hybridized carbons (Fsp3) is 0.455. The van der Waals surface area contributed by atoms with Gasteiger partial charge in [0.2, 0.25) is 0 Å². The molecule has 2 aromatic heterocycles. The monoisotopic (exact) mass is 282 g/mol. The van der Waals surface area contributed by atoms with Gasteiger partial charge in [-0.3, -0.25) is 0 Å². The number of aromatic nitrogens is 3. The maximum atomic E-state index is 5.94. The highest BCUT2D eigenvalue weighted by atomic mass is 79.9. The van der Waals surface area contributed by atoms with E-state index in [4.69, 9.17) is 5.73 Å². The van der Waals surface area contributed by atoms with Crippen molar-refractivity contribution in [1.82, 2.24) is 14.5 Å². The van der Waals surface area contributed by atoms with Gasteiger partial charge in [0.25, 0.3) is 0 Å². The van der Waals surface area contributed by atoms with Crippen molar-refractivity contribution in [1.29, 1.82) is 0 Å². The summed E-state index contributed by atoms with van der Waals surface area (Å²) in [5.74, 6) is 0.907. The molecule has 0 fully saturated rings. The number of nitrogens with two attached hydrogens (primary N) is 1. The first-order valence-corrected chi connectivity index (χ1v) is 6.09. The number of hydrogen-bond acceptors (Lipinski definition) is 3. The van der Waals surface area contributed by atoms with Crippen molar-refractivity contribution >= 4 is 27.0 Å². The van der Waals surface area contributed by atoms with E-state index in [0.29, 0.717) is 6.04 Å². The van der Waals surface area contributed by atoms with Crippen LogP contribution < -0.4 is 5.73 Å². The van der Waals surface area contributed by atoms with Gasteiger partial charge in [-0.25, -0.2) is 9.97 Å². The van der Waals surface area contributed by atoms with Crippen molar-refractivity contribution in [2.75, 3.05) is 0 Å². The van der Waals surface area contributed by atoms with Crippen LogP contribution in [0.25, 0.3) is 11.0 Å². The van der Waals surface area contributed by atoms with Crippen LogP contribution in [0.3, 0.4) is 0 Å². The van der Waals surface area contributed by atoms with E-state index in [1.807, 2.05) is 13.0 Å². The lowest BCUT2D eigenvalue weighted by atomic mass is 10.3. The molecule has 0 saturated heterocycles. The van der Waals surface area contributed by atoms with Crippen LogP contribution >= 0.6 is 15.9 Å². The summed E-state index contributed by atoms with van der Waals surface area (Å²) < 4.78 is 2.98. The fourth-order valence-corrected chi connectivity index (χ4v) is 2.18. The van der Waals surface area contributed by atoms with Crippen LogP contribution in [0.4, 0.5) is 0 Å². The Bertz CT molecular complexity index is 516. The van der Waals surface area contributed by atoms with E-state index in [0.717, 1.165) is 21.5 Å². The minimum Gasteiger partial charge on any atom is -0.324 e. The summed E-state index contributed by atoms with van der Waals surface area (Å²) in [6.07, 6.45) is 1.77. The molecule has 0 aliphatic heterocycles. The van der Waals surface area contributed by atoms with Gasteiger partial charge in [0.05, 0.1) is 17.8 Å². The van der Waals surface area contributed by atoms with Crippen molar-refractivity contribution in [3.8, 4) is 0 Å². The van der Waals surface area contributed by atoms with Crippen LogP contribution in [-0.4, -0.2) is 14.5 Å². The molecule has 5 heteroatoms. The Morgan fingerprint density at radius 3 is 2.62 bits per heavy atom. The second-order valence-corrected chi connectivity index (χ2v) is 5.03. The first kappa shape index (κ1) is 11.5. The minimum absolute atomic E-state index is 0.0754. The molecule has 0 amide bonds. The molecule has 0 radical (unpaired) electrons. The maximum absolute atomic E-state index is 5.94. The molecule has 86 valence electrons. The van der Waals surface area contributed by atoms with Gasteiger partial charge >= 0.3 is 0 Å². The van der Waals surface area contributed by atoms with E-state index in [1.165, 1.54) is 0 Å². The quantitative estimate of drug-likeness (QED) is 0.862. The second-order valence-electron chi connectivity index (χ2n) is 4.22. The SMILES string of the molecule is CC(N)c1nc2cnc(Br)cc2n1C(C)C. The van der Waals surface area contributed by atoms with Crippen LogP contribution in [0.5, 0.6) is 0 Å². The lowest BCUT2D eigenvalue weighted by Gasteiger charge is -2.14. The Balaban J connectivity index is 2.77. The van der Waals surface area contributed by atoms with Gasteiger partial charge in [-0.2, -0.15) is 0 Å². The minimum atomic E-state index is -0.0754. The summed E-state index contributed by atoms with van der Waals surface area (Å²) in [7, 11) is 0. The van der Waals surface area contributed by atoms with E-state index < -0.39 is 0 Å². The van der Waals surface area contributed by atoms with Crippen LogP contribution in [0.2, 0.25) is 0 Å². The molecule has 2 rings (SSSR count). The number of rotatable bonds is 2. The molecule has 0 aliphatic rings. The topological polar surface area (TPSA) is 56.7 Å². The predicted octanol–water partition coefficient (Wildman–Crippen LogP) is 2.79. The lowest BCUT2D eigenvalue weighted by Crippen LogP contribution is -2.14. The zero-order valence-electron chi connectivity index (χ0n) is 9.61. The van der Waals surface area contributed by atoms with Gasteiger partial charge in [0.15, 0.2) is 0 Å². The summed E-state index contributed by atoms with van der Waals surface area (Å²) >= 11 is 3.38. The molecule has 0 aromatic carbocycles. The second kappa shape index (κ2) is 4.14. The van der Waals surface area contributed by atoms with Gasteiger partial charge in [-0.15, -0.1) is 0 Å². The highest BCUT2D eigenvalue weighted by molar-refractivity contribution is 9.10. The average Bonchev–Trinajstić information content (AvgIpc) is 2.55. The fourth-order valence-electron chi connectivity index (χ4n) is 1.86. The first-order chi connectivity index (χ1) is 7.50. The predicted molar refractivity (Wildman–Crippen MR) is 68.2 cm³/mol. The summed E-state index contributed by atoms with van der Waals surface area (Å²) in [6.45, 7) is 6.20. The van der Waals surface area contributed by atoms with Gasteiger partial charge in [-0.05, 0) is 42.8 Å². The molecule has 1 atom stereocenters. The number of hydrogen-bond donors (Lipinski definition) is 1. The average molecular weight is 283 g/mol. The zero-order chi connectivity index (χ0) is 11.9. The van der Waals surface area contributed by atoms with Crippen molar-refractivity contribution in [2.45, 2.75) is 32.9 Å². The van der Waals surface area contributed by atoms with E-state index in [9.17, 15) is 0 Å². The molecule has 0 saturated carbocycles. The molecular formula is C11H15BrN4. The van der Waals surface area contributed by atoms with E-state index in [-0.39, 0.29) is 6.04 Å². The van der Waals surface area contributed by atoms with E-state index >= 15 is 0 Å². The summed E-state index contributed by atoms with van der Waals surface area (Å²) in [5.41, 5.74) is 7.90. The molecule has 4 nitrogen and oxygen atoms in total. The van der Waals surface area contributed by atoms with Crippen molar-refractivity contribution in [3.05, 3.63) is 22.7 Å². The van der Waals surface area contributed by atoms with Crippen molar-refractivity contribution in [3.63, 3.8) is 0 Å². The normalized spacial score (nSPS) is 13.6. The van der Waals surface area contributed by atoms with E-state index in [2.05, 4.69) is 44.3 Å². The van der Waals surface area contributed by atoms with Gasteiger partial charge < -0.3 is 10.3 Å². The number of fused-ring (bicyclic) bond motifs is 1. The number of halogens is 1. The standard InChI is InChI=1S/C11H15BrN4/c1-6(2)16-9-4-10(12)14-5-8(9)15-11(16)7(3)13/h4-7H,13H2,1-3H3. The highest BCUT2D eigenvalue weighted by Crippen LogP contribution is 2.25. The first-order valence-electron chi connectivity index (χ1n) is 5.29. The molecule has 0 aliphatic carbocycles. The largest absolute Gasteiger partial charge is 0.324 e. The Morgan fingerprint density at radius 2 is 2.06 bits per heavy atom. The van der Waals surface area contributed by atoms with Crippen LogP contribution in [0.1, 0.15) is 38.7 Å². The molecular weight excluding hydrogens is 268 g/mol. The molecule has 2 heterocycles. The van der Waals surface area contributed by atoms with Gasteiger partial charge in [-0.1, -0.05) is 0 Å². The highest BCUT2D eigenvalue weighted by Gasteiger charge is 2.16. The molecule has 1 unspecified atom stereocenters. The Labute approximate surface area is 103 Å². The summed E-state index contributed by atoms with van der Waals surface area (Å²) in [4.78, 5) is 8.71. The van der Waals surface area contributed by atoms with Crippen molar-refractivity contribution in [2.24, 2.45) is 5.73 Å². The molecule has 2 aromatic rings. The molecule has 16 heavy (non-hydrogen) atoms. The van der Waals surface area contributed by atoms with Gasteiger partial charge in [0, 0.05) is 6.04 Å². The third-order valence-corrected chi connectivity index (χ3v) is 2.93. The third kappa shape index (κ3) is 1.85. The lowest BCUT2D eigenvalue weighted by molar-refractivity contribution is 0.557. The third-order valence-electron chi connectivity index (χ3n) is 2.49. The number of pyridine rings is 1. The Kier molecular flexibility index (Phi) is 2.99. The smallest absolute Gasteiger partial charge is 0.126 e. The van der Waals surface area contributed by atoms with Gasteiger partial charge in [0.1, 0.15) is 15.9 Å². The van der Waals surface area contributed by atoms with E-state index in [1.54, 1.807) is 6.20 Å². The van der Waals surface area contributed by atoms with Crippen molar-refractivity contribution < 1.29 is 0 Å². The Hall–Kier alpha value is -0.940. The number of imidazole rings is 1. The molecule has 0 bridgehead atoms. The van der Waals surface area contributed by atoms with Crippen LogP contribution in [0.15, 0.2) is 16.9 Å². The van der Waals surface area contributed by atoms with Crippen LogP contribution in [0, 0.1) is 0 Å². The number of nitrogens with zero attached hydrogens (tertiary/aromatic N) is 3. The summed E-state index contributed by atoms with van der Waals surface area (Å²) in [6, 6.07) is 2.24.